The lowest BCUT2D eigenvalue weighted by Gasteiger charge is -2.26. The highest BCUT2D eigenvalue weighted by atomic mass is 32.2. The molecule has 0 saturated carbocycles. The number of aliphatic carboxylic acids is 1. The van der Waals surface area contributed by atoms with Crippen LogP contribution in [0.4, 0.5) is 0 Å². The summed E-state index contributed by atoms with van der Waals surface area (Å²) in [7, 11) is -4.04. The van der Waals surface area contributed by atoms with Crippen LogP contribution in [-0.4, -0.2) is 43.9 Å². The van der Waals surface area contributed by atoms with Gasteiger partial charge in [-0.25, -0.2) is 8.42 Å². The summed E-state index contributed by atoms with van der Waals surface area (Å²) in [4.78, 5) is 23.9. The minimum Gasteiger partial charge on any atom is -0.481 e. The number of nitrogens with one attached hydrogen (secondary N) is 2. The molecule has 2 aromatic carbocycles. The third-order valence-corrected chi connectivity index (χ3v) is 6.17. The molecule has 27 heavy (non-hydrogen) atoms. The Hall–Kier alpha value is -2.29. The van der Waals surface area contributed by atoms with Gasteiger partial charge in [0.1, 0.15) is 0 Å². The number of fused-ring (bicyclic) bond motifs is 1. The lowest BCUT2D eigenvalue weighted by molar-refractivity contribution is -0.139. The van der Waals surface area contributed by atoms with E-state index in [1.165, 1.54) is 12.1 Å². The SMILES string of the molecule is O=C(O)C[C@H](NS(=O)(=O)c1ccc2ccccc2c1)C(=O)C1CCCCN1. The van der Waals surface area contributed by atoms with Gasteiger partial charge in [0.15, 0.2) is 5.78 Å². The molecule has 2 aromatic rings. The Morgan fingerprint density at radius 3 is 2.56 bits per heavy atom. The highest BCUT2D eigenvalue weighted by molar-refractivity contribution is 7.89. The molecule has 2 atom stereocenters. The Balaban J connectivity index is 1.85. The van der Waals surface area contributed by atoms with Crippen LogP contribution in [0.15, 0.2) is 47.4 Å². The standard InChI is InChI=1S/C19H22N2O5S/c22-18(23)12-17(19(24)16-7-3-4-10-20-16)21-27(25,26)15-9-8-13-5-1-2-6-14(13)11-15/h1-2,5-6,8-9,11,16-17,20-21H,3-4,7,10,12H2,(H,22,23)/t16?,17-/m0/s1. The summed E-state index contributed by atoms with van der Waals surface area (Å²) in [5.41, 5.74) is 0. The monoisotopic (exact) mass is 390 g/mol. The Morgan fingerprint density at radius 2 is 1.89 bits per heavy atom. The first kappa shape index (κ1) is 19.5. The van der Waals surface area contributed by atoms with Crippen molar-refractivity contribution in [1.29, 1.82) is 0 Å². The highest BCUT2D eigenvalue weighted by Gasteiger charge is 2.33. The number of carbonyl (C=O) groups excluding carboxylic acids is 1. The molecule has 3 N–H and O–H groups in total. The number of benzene rings is 2. The predicted octanol–water partition coefficient (Wildman–Crippen LogP) is 1.67. The summed E-state index contributed by atoms with van der Waals surface area (Å²) >= 11 is 0. The second-order valence-electron chi connectivity index (χ2n) is 6.69. The van der Waals surface area contributed by atoms with Crippen molar-refractivity contribution in [3.05, 3.63) is 42.5 Å². The highest BCUT2D eigenvalue weighted by Crippen LogP contribution is 2.20. The third kappa shape index (κ3) is 4.71. The molecule has 1 heterocycles. The lowest BCUT2D eigenvalue weighted by atomic mass is 9.96. The number of carbonyl (C=O) groups is 2. The van der Waals surface area contributed by atoms with E-state index in [9.17, 15) is 18.0 Å². The zero-order valence-electron chi connectivity index (χ0n) is 14.7. The third-order valence-electron chi connectivity index (χ3n) is 4.70. The van der Waals surface area contributed by atoms with Gasteiger partial charge in [0.25, 0.3) is 0 Å². The van der Waals surface area contributed by atoms with E-state index in [1.54, 1.807) is 18.2 Å². The number of hydrogen-bond donors (Lipinski definition) is 3. The number of sulfonamides is 1. The maximum atomic E-state index is 12.8. The van der Waals surface area contributed by atoms with Crippen LogP contribution < -0.4 is 10.0 Å². The number of Topliss-reactive ketones (excluding diaryl/α,β-unsaturated/α-hetero) is 1. The minimum atomic E-state index is -4.04. The number of piperidine rings is 1. The van der Waals surface area contributed by atoms with Crippen molar-refractivity contribution in [3.63, 3.8) is 0 Å². The molecule has 1 aliphatic rings. The molecule has 0 aromatic heterocycles. The molecule has 1 unspecified atom stereocenters. The maximum Gasteiger partial charge on any atom is 0.305 e. The number of carboxylic acids is 1. The van der Waals surface area contributed by atoms with E-state index in [0.29, 0.717) is 13.0 Å². The van der Waals surface area contributed by atoms with Gasteiger partial charge in [-0.3, -0.25) is 9.59 Å². The van der Waals surface area contributed by atoms with Gasteiger partial charge < -0.3 is 10.4 Å². The van der Waals surface area contributed by atoms with Crippen molar-refractivity contribution in [2.45, 2.75) is 42.7 Å². The van der Waals surface area contributed by atoms with Crippen LogP contribution in [0.1, 0.15) is 25.7 Å². The average molecular weight is 390 g/mol. The second kappa shape index (κ2) is 8.16. The van der Waals surface area contributed by atoms with E-state index in [0.717, 1.165) is 23.6 Å². The van der Waals surface area contributed by atoms with Gasteiger partial charge in [-0.15, -0.1) is 0 Å². The number of ketones is 1. The molecular formula is C19H22N2O5S. The second-order valence-corrected chi connectivity index (χ2v) is 8.40. The number of hydrogen-bond acceptors (Lipinski definition) is 5. The molecule has 1 aliphatic heterocycles. The molecule has 1 fully saturated rings. The van der Waals surface area contributed by atoms with Crippen molar-refractivity contribution in [3.8, 4) is 0 Å². The van der Waals surface area contributed by atoms with Crippen molar-refractivity contribution in [2.24, 2.45) is 0 Å². The van der Waals surface area contributed by atoms with Gasteiger partial charge in [-0.05, 0) is 42.3 Å². The summed E-state index contributed by atoms with van der Waals surface area (Å²) in [6, 6.07) is 10.1. The quantitative estimate of drug-likeness (QED) is 0.663. The molecule has 0 aliphatic carbocycles. The van der Waals surface area contributed by atoms with Crippen LogP contribution in [0.2, 0.25) is 0 Å². The first-order chi connectivity index (χ1) is 12.9. The molecule has 0 amide bonds. The minimum absolute atomic E-state index is 0.000919. The molecule has 3 rings (SSSR count). The molecule has 0 spiro atoms. The summed E-state index contributed by atoms with van der Waals surface area (Å²) < 4.78 is 27.9. The van der Waals surface area contributed by atoms with Gasteiger partial charge in [0, 0.05) is 0 Å². The van der Waals surface area contributed by atoms with Crippen LogP contribution in [0.5, 0.6) is 0 Å². The van der Waals surface area contributed by atoms with E-state index >= 15 is 0 Å². The molecule has 0 radical (unpaired) electrons. The molecule has 0 bridgehead atoms. The smallest absolute Gasteiger partial charge is 0.305 e. The summed E-state index contributed by atoms with van der Waals surface area (Å²) in [6.45, 7) is 0.660. The largest absolute Gasteiger partial charge is 0.481 e. The fourth-order valence-corrected chi connectivity index (χ4v) is 4.54. The van der Waals surface area contributed by atoms with Crippen molar-refractivity contribution in [1.82, 2.24) is 10.0 Å². The number of rotatable bonds is 7. The molecule has 1 saturated heterocycles. The van der Waals surface area contributed by atoms with Gasteiger partial charge >= 0.3 is 5.97 Å². The first-order valence-corrected chi connectivity index (χ1v) is 10.4. The Bertz CT molecular complexity index is 951. The normalized spacial score (nSPS) is 18.9. The number of carboxylic acid groups (broad SMARTS) is 1. The van der Waals surface area contributed by atoms with Gasteiger partial charge in [0.05, 0.1) is 23.4 Å². The summed E-state index contributed by atoms with van der Waals surface area (Å²) in [6.07, 6.45) is 1.77. The Morgan fingerprint density at radius 1 is 1.15 bits per heavy atom. The summed E-state index contributed by atoms with van der Waals surface area (Å²) in [5.74, 6) is -1.66. The zero-order chi connectivity index (χ0) is 19.4. The van der Waals surface area contributed by atoms with Crippen LogP contribution in [0.3, 0.4) is 0 Å². The van der Waals surface area contributed by atoms with Crippen molar-refractivity contribution < 1.29 is 23.1 Å². The molecular weight excluding hydrogens is 368 g/mol. The van der Waals surface area contributed by atoms with E-state index in [-0.39, 0.29) is 4.90 Å². The van der Waals surface area contributed by atoms with Gasteiger partial charge in [0.2, 0.25) is 10.0 Å². The van der Waals surface area contributed by atoms with E-state index in [4.69, 9.17) is 5.11 Å². The topological polar surface area (TPSA) is 113 Å². The summed E-state index contributed by atoms with van der Waals surface area (Å²) in [5, 5.41) is 13.8. The van der Waals surface area contributed by atoms with Crippen LogP contribution >= 0.6 is 0 Å². The Kier molecular flexibility index (Phi) is 5.88. The molecule has 8 heteroatoms. The van der Waals surface area contributed by atoms with E-state index in [2.05, 4.69) is 10.0 Å². The van der Waals surface area contributed by atoms with Crippen LogP contribution in [-0.2, 0) is 19.6 Å². The van der Waals surface area contributed by atoms with E-state index in [1.807, 2.05) is 12.1 Å². The fraction of sp³-hybridized carbons (Fsp3) is 0.368. The molecule has 7 nitrogen and oxygen atoms in total. The van der Waals surface area contributed by atoms with Crippen molar-refractivity contribution >= 4 is 32.5 Å². The van der Waals surface area contributed by atoms with Crippen LogP contribution in [0, 0.1) is 0 Å². The first-order valence-electron chi connectivity index (χ1n) is 8.87. The Labute approximate surface area is 157 Å². The van der Waals surface area contributed by atoms with E-state index < -0.39 is 40.3 Å². The lowest BCUT2D eigenvalue weighted by Crippen LogP contribution is -2.51. The average Bonchev–Trinajstić information content (AvgIpc) is 2.66. The van der Waals surface area contributed by atoms with Gasteiger partial charge in [-0.1, -0.05) is 36.8 Å². The molecule has 144 valence electrons. The zero-order valence-corrected chi connectivity index (χ0v) is 15.5. The fourth-order valence-electron chi connectivity index (χ4n) is 3.30. The van der Waals surface area contributed by atoms with Crippen LogP contribution in [0.25, 0.3) is 10.8 Å². The maximum absolute atomic E-state index is 12.8. The van der Waals surface area contributed by atoms with Crippen molar-refractivity contribution in [2.75, 3.05) is 6.54 Å². The predicted molar refractivity (Wildman–Crippen MR) is 101 cm³/mol. The van der Waals surface area contributed by atoms with Gasteiger partial charge in [-0.2, -0.15) is 4.72 Å².